The van der Waals surface area contributed by atoms with E-state index in [0.717, 1.165) is 5.75 Å². The lowest BCUT2D eigenvalue weighted by molar-refractivity contribution is -0.113. The molecule has 0 spiro atoms. The number of ether oxygens (including phenoxy) is 2. The number of thioether (sulfide) groups is 1. The molecule has 1 N–H and O–H groups in total. The molecule has 2 aromatic carbocycles. The highest BCUT2D eigenvalue weighted by Crippen LogP contribution is 2.26. The first-order chi connectivity index (χ1) is 14.1. The van der Waals surface area contributed by atoms with Gasteiger partial charge >= 0.3 is 0 Å². The van der Waals surface area contributed by atoms with Crippen LogP contribution in [0.25, 0.3) is 0 Å². The van der Waals surface area contributed by atoms with Crippen LogP contribution in [0.3, 0.4) is 0 Å². The molecule has 29 heavy (non-hydrogen) atoms. The Morgan fingerprint density at radius 3 is 2.62 bits per heavy atom. The van der Waals surface area contributed by atoms with Crippen molar-refractivity contribution in [3.05, 3.63) is 60.4 Å². The Morgan fingerprint density at radius 1 is 1.14 bits per heavy atom. The number of hydrogen-bond donors (Lipinski definition) is 1. The molecule has 0 saturated carbocycles. The van der Waals surface area contributed by atoms with Crippen LogP contribution in [-0.2, 0) is 11.8 Å². The quantitative estimate of drug-likeness (QED) is 0.534. The second-order valence-electron chi connectivity index (χ2n) is 6.24. The maximum atomic E-state index is 12.4. The summed E-state index contributed by atoms with van der Waals surface area (Å²) in [5, 5.41) is 12.0. The summed E-state index contributed by atoms with van der Waals surface area (Å²) in [5.74, 6) is 2.19. The molecule has 8 heteroatoms. The van der Waals surface area contributed by atoms with Crippen LogP contribution < -0.4 is 14.8 Å². The lowest BCUT2D eigenvalue weighted by Gasteiger charge is -2.14. The zero-order valence-corrected chi connectivity index (χ0v) is 17.5. The normalized spacial score (nSPS) is 11.7. The van der Waals surface area contributed by atoms with Crippen molar-refractivity contribution in [2.45, 2.75) is 25.1 Å². The van der Waals surface area contributed by atoms with Crippen LogP contribution in [0, 0.1) is 0 Å². The van der Waals surface area contributed by atoms with E-state index in [1.165, 1.54) is 11.8 Å². The third-order valence-electron chi connectivity index (χ3n) is 4.08. The first kappa shape index (κ1) is 20.7. The van der Waals surface area contributed by atoms with Crippen molar-refractivity contribution < 1.29 is 14.3 Å². The van der Waals surface area contributed by atoms with E-state index in [1.807, 2.05) is 80.1 Å². The van der Waals surface area contributed by atoms with Gasteiger partial charge in [0.25, 0.3) is 0 Å². The smallest absolute Gasteiger partial charge is 0.234 e. The van der Waals surface area contributed by atoms with Crippen LogP contribution in [0.2, 0.25) is 0 Å². The van der Waals surface area contributed by atoms with Crippen LogP contribution in [0.15, 0.2) is 59.8 Å². The maximum Gasteiger partial charge on any atom is 0.234 e. The Labute approximate surface area is 174 Å². The number of aromatic nitrogens is 3. The summed E-state index contributed by atoms with van der Waals surface area (Å²) in [4.78, 5) is 12.4. The molecular formula is C21H24N4O3S. The Morgan fingerprint density at radius 2 is 1.86 bits per heavy atom. The van der Waals surface area contributed by atoms with Gasteiger partial charge < -0.3 is 19.4 Å². The van der Waals surface area contributed by atoms with E-state index in [1.54, 1.807) is 0 Å². The van der Waals surface area contributed by atoms with Crippen LogP contribution >= 0.6 is 11.8 Å². The molecule has 3 rings (SSSR count). The standard InChI is InChI=1S/C21H24N4O3S/c1-4-27-18-13-9-8-12-17(18)22-19(26)14-29-21-24-23-20(25(21)3)15(2)28-16-10-6-5-7-11-16/h5-13,15H,4,14H2,1-3H3,(H,22,26)/t15-/m1/s1. The minimum absolute atomic E-state index is 0.139. The van der Waals surface area contributed by atoms with Gasteiger partial charge in [0.1, 0.15) is 11.5 Å². The van der Waals surface area contributed by atoms with Crippen LogP contribution in [-0.4, -0.2) is 33.0 Å². The SMILES string of the molecule is CCOc1ccccc1NC(=O)CSc1nnc([C@@H](C)Oc2ccccc2)n1C. The number of carbonyl (C=O) groups excluding carboxylic acids is 1. The number of nitrogens with one attached hydrogen (secondary N) is 1. The van der Waals surface area contributed by atoms with Crippen molar-refractivity contribution in [2.75, 3.05) is 17.7 Å². The van der Waals surface area contributed by atoms with Gasteiger partial charge in [0, 0.05) is 7.05 Å². The summed E-state index contributed by atoms with van der Waals surface area (Å²) in [6.45, 7) is 4.36. The summed E-state index contributed by atoms with van der Waals surface area (Å²) in [6.07, 6.45) is -0.267. The third-order valence-corrected chi connectivity index (χ3v) is 5.10. The van der Waals surface area contributed by atoms with E-state index in [2.05, 4.69) is 15.5 Å². The minimum atomic E-state index is -0.267. The highest BCUT2D eigenvalue weighted by Gasteiger charge is 2.18. The van der Waals surface area contributed by atoms with Gasteiger partial charge in [0.2, 0.25) is 5.91 Å². The van der Waals surface area contributed by atoms with E-state index < -0.39 is 0 Å². The van der Waals surface area contributed by atoms with Gasteiger partial charge in [0.15, 0.2) is 17.1 Å². The summed E-state index contributed by atoms with van der Waals surface area (Å²) in [7, 11) is 1.87. The third kappa shape index (κ3) is 5.51. The van der Waals surface area contributed by atoms with E-state index in [0.29, 0.717) is 29.0 Å². The zero-order chi connectivity index (χ0) is 20.6. The lowest BCUT2D eigenvalue weighted by Crippen LogP contribution is -2.15. The predicted octanol–water partition coefficient (Wildman–Crippen LogP) is 4.08. The van der Waals surface area contributed by atoms with E-state index in [9.17, 15) is 4.79 Å². The van der Waals surface area contributed by atoms with Gasteiger partial charge in [-0.15, -0.1) is 10.2 Å². The van der Waals surface area contributed by atoms with Crippen LogP contribution in [0.1, 0.15) is 25.8 Å². The molecule has 0 aliphatic heterocycles. The fourth-order valence-electron chi connectivity index (χ4n) is 2.73. The number of hydrogen-bond acceptors (Lipinski definition) is 6. The maximum absolute atomic E-state index is 12.4. The average Bonchev–Trinajstić information content (AvgIpc) is 3.09. The zero-order valence-electron chi connectivity index (χ0n) is 16.7. The van der Waals surface area contributed by atoms with Crippen LogP contribution in [0.5, 0.6) is 11.5 Å². The lowest BCUT2D eigenvalue weighted by atomic mass is 10.3. The number of amides is 1. The molecule has 1 amide bonds. The molecular weight excluding hydrogens is 388 g/mol. The summed E-state index contributed by atoms with van der Waals surface area (Å²) in [6, 6.07) is 16.9. The minimum Gasteiger partial charge on any atom is -0.492 e. The molecule has 0 radical (unpaired) electrons. The second kappa shape index (κ2) is 9.97. The largest absolute Gasteiger partial charge is 0.492 e. The first-order valence-electron chi connectivity index (χ1n) is 9.34. The van der Waals surface area contributed by atoms with Crippen molar-refractivity contribution in [2.24, 2.45) is 7.05 Å². The molecule has 152 valence electrons. The van der Waals surface area contributed by atoms with Gasteiger partial charge in [-0.2, -0.15) is 0 Å². The summed E-state index contributed by atoms with van der Waals surface area (Å²) < 4.78 is 13.3. The average molecular weight is 413 g/mol. The van der Waals surface area contributed by atoms with Gasteiger partial charge in [-0.3, -0.25) is 4.79 Å². The summed E-state index contributed by atoms with van der Waals surface area (Å²) >= 11 is 1.32. The molecule has 3 aromatic rings. The van der Waals surface area contributed by atoms with Crippen molar-refractivity contribution in [1.29, 1.82) is 0 Å². The van der Waals surface area contributed by atoms with Crippen molar-refractivity contribution in [3.63, 3.8) is 0 Å². The highest BCUT2D eigenvalue weighted by atomic mass is 32.2. The molecule has 1 aromatic heterocycles. The van der Waals surface area contributed by atoms with Gasteiger partial charge in [-0.25, -0.2) is 0 Å². The highest BCUT2D eigenvalue weighted by molar-refractivity contribution is 7.99. The van der Waals surface area contributed by atoms with Gasteiger partial charge in [0.05, 0.1) is 18.0 Å². The molecule has 0 aliphatic carbocycles. The Hall–Kier alpha value is -3.00. The van der Waals surface area contributed by atoms with E-state index in [4.69, 9.17) is 9.47 Å². The molecule has 0 aliphatic rings. The number of anilines is 1. The second-order valence-corrected chi connectivity index (χ2v) is 7.18. The summed E-state index contributed by atoms with van der Waals surface area (Å²) in [5.41, 5.74) is 0.656. The Kier molecular flexibility index (Phi) is 7.13. The van der Waals surface area contributed by atoms with Crippen molar-refractivity contribution >= 4 is 23.4 Å². The van der Waals surface area contributed by atoms with E-state index in [-0.39, 0.29) is 17.8 Å². The fraction of sp³-hybridized carbons (Fsp3) is 0.286. The number of nitrogens with zero attached hydrogens (tertiary/aromatic N) is 3. The molecule has 0 fully saturated rings. The van der Waals surface area contributed by atoms with Crippen molar-refractivity contribution in [3.8, 4) is 11.5 Å². The molecule has 0 bridgehead atoms. The van der Waals surface area contributed by atoms with Crippen molar-refractivity contribution in [1.82, 2.24) is 14.8 Å². The van der Waals surface area contributed by atoms with Gasteiger partial charge in [-0.05, 0) is 38.1 Å². The monoisotopic (exact) mass is 412 g/mol. The molecule has 1 atom stereocenters. The number of carbonyl (C=O) groups is 1. The molecule has 7 nitrogen and oxygen atoms in total. The number of para-hydroxylation sites is 3. The predicted molar refractivity (Wildman–Crippen MR) is 113 cm³/mol. The first-order valence-corrected chi connectivity index (χ1v) is 10.3. The van der Waals surface area contributed by atoms with Crippen LogP contribution in [0.4, 0.5) is 5.69 Å². The Balaban J connectivity index is 1.58. The van der Waals surface area contributed by atoms with Gasteiger partial charge in [-0.1, -0.05) is 42.1 Å². The topological polar surface area (TPSA) is 78.3 Å². The number of benzene rings is 2. The Bertz CT molecular complexity index is 946. The molecule has 0 unspecified atom stereocenters. The number of rotatable bonds is 9. The fourth-order valence-corrected chi connectivity index (χ4v) is 3.45. The van der Waals surface area contributed by atoms with E-state index >= 15 is 0 Å². The molecule has 0 saturated heterocycles. The molecule has 1 heterocycles.